The molecule has 2 aromatic rings. The van der Waals surface area contributed by atoms with Crippen LogP contribution in [0.3, 0.4) is 0 Å². The molecule has 0 bridgehead atoms. The van der Waals surface area contributed by atoms with Crippen LogP contribution in [0.15, 0.2) is 24.4 Å². The summed E-state index contributed by atoms with van der Waals surface area (Å²) in [4.78, 5) is 1.96. The first kappa shape index (κ1) is 17.2. The molecule has 1 aromatic heterocycles. The van der Waals surface area contributed by atoms with Crippen LogP contribution in [0, 0.1) is 17.1 Å². The largest absolute Gasteiger partial charge is 0.370 e. The van der Waals surface area contributed by atoms with Gasteiger partial charge in [0.2, 0.25) is 10.0 Å². The number of nitrogens with zero attached hydrogens (tertiary/aromatic N) is 3. The van der Waals surface area contributed by atoms with E-state index >= 15 is 0 Å². The summed E-state index contributed by atoms with van der Waals surface area (Å²) in [5.74, 6) is -0.543. The van der Waals surface area contributed by atoms with Crippen LogP contribution in [0.2, 0.25) is 0 Å². The lowest BCUT2D eigenvalue weighted by Crippen LogP contribution is -2.35. The van der Waals surface area contributed by atoms with Crippen molar-refractivity contribution >= 4 is 21.4 Å². The van der Waals surface area contributed by atoms with Crippen LogP contribution in [0.25, 0.3) is 0 Å². The van der Waals surface area contributed by atoms with Crippen molar-refractivity contribution < 1.29 is 12.8 Å². The zero-order valence-corrected chi connectivity index (χ0v) is 14.5. The molecule has 0 radical (unpaired) electrons. The van der Waals surface area contributed by atoms with Gasteiger partial charge in [-0.15, -0.1) is 0 Å². The average Bonchev–Trinajstić information content (AvgIpc) is 3.01. The summed E-state index contributed by atoms with van der Waals surface area (Å²) in [5, 5.41) is 16.1. The summed E-state index contributed by atoms with van der Waals surface area (Å²) >= 11 is 0. The Morgan fingerprint density at radius 3 is 3.00 bits per heavy atom. The number of piperidine rings is 1. The standard InChI is InChI=1S/C16H18FN5O2S/c1-25(23,24)21-14-9-19-20-16(14)11-4-3-7-22(10-11)15-6-2-5-13(17)12(15)8-18/h2,5-6,9,11,21H,3-4,7,10H2,1H3,(H,19,20). The highest BCUT2D eigenvalue weighted by Gasteiger charge is 2.27. The second kappa shape index (κ2) is 6.72. The van der Waals surface area contributed by atoms with E-state index in [1.807, 2.05) is 11.0 Å². The maximum Gasteiger partial charge on any atom is 0.229 e. The third-order valence-corrected chi connectivity index (χ3v) is 4.83. The number of aromatic nitrogens is 2. The van der Waals surface area contributed by atoms with Gasteiger partial charge in [0.15, 0.2) is 0 Å². The minimum absolute atomic E-state index is 0.00434. The number of nitriles is 1. The zero-order chi connectivity index (χ0) is 18.0. The number of aromatic amines is 1. The highest BCUT2D eigenvalue weighted by atomic mass is 32.2. The number of halogens is 1. The van der Waals surface area contributed by atoms with Gasteiger partial charge in [0, 0.05) is 19.0 Å². The number of hydrogen-bond donors (Lipinski definition) is 2. The third kappa shape index (κ3) is 3.74. The monoisotopic (exact) mass is 363 g/mol. The van der Waals surface area contributed by atoms with Gasteiger partial charge in [0.05, 0.1) is 29.5 Å². The average molecular weight is 363 g/mol. The van der Waals surface area contributed by atoms with Crippen molar-refractivity contribution in [1.29, 1.82) is 5.26 Å². The van der Waals surface area contributed by atoms with Gasteiger partial charge in [-0.1, -0.05) is 6.07 Å². The third-order valence-electron chi connectivity index (χ3n) is 4.24. The number of nitrogens with one attached hydrogen (secondary N) is 2. The van der Waals surface area contributed by atoms with Crippen molar-refractivity contribution in [3.8, 4) is 6.07 Å². The Labute approximate surface area is 145 Å². The van der Waals surface area contributed by atoms with Crippen LogP contribution in [-0.4, -0.2) is 38.0 Å². The molecule has 9 heteroatoms. The lowest BCUT2D eigenvalue weighted by atomic mass is 9.93. The van der Waals surface area contributed by atoms with Gasteiger partial charge in [-0.2, -0.15) is 10.4 Å². The fraction of sp³-hybridized carbons (Fsp3) is 0.375. The van der Waals surface area contributed by atoms with E-state index in [1.54, 1.807) is 12.1 Å². The van der Waals surface area contributed by atoms with Crippen LogP contribution < -0.4 is 9.62 Å². The van der Waals surface area contributed by atoms with Crippen LogP contribution in [0.4, 0.5) is 15.8 Å². The van der Waals surface area contributed by atoms with Gasteiger partial charge in [0.1, 0.15) is 17.4 Å². The second-order valence-corrected chi connectivity index (χ2v) is 7.85. The Hall–Kier alpha value is -2.60. The fourth-order valence-electron chi connectivity index (χ4n) is 3.21. The van der Waals surface area contributed by atoms with Crippen molar-refractivity contribution in [3.05, 3.63) is 41.5 Å². The van der Waals surface area contributed by atoms with Crippen molar-refractivity contribution in [2.75, 3.05) is 29.0 Å². The van der Waals surface area contributed by atoms with Crippen LogP contribution in [0.5, 0.6) is 0 Å². The smallest absolute Gasteiger partial charge is 0.229 e. The fourth-order valence-corrected chi connectivity index (χ4v) is 3.77. The van der Waals surface area contributed by atoms with Gasteiger partial charge < -0.3 is 4.90 Å². The molecule has 1 atom stereocenters. The van der Waals surface area contributed by atoms with E-state index in [9.17, 15) is 18.1 Å². The first-order valence-electron chi connectivity index (χ1n) is 7.83. The maximum absolute atomic E-state index is 13.9. The number of anilines is 2. The number of sulfonamides is 1. The number of hydrogen-bond acceptors (Lipinski definition) is 5. The summed E-state index contributed by atoms with van der Waals surface area (Å²) in [6.07, 6.45) is 4.21. The van der Waals surface area contributed by atoms with Crippen molar-refractivity contribution in [1.82, 2.24) is 10.2 Å². The first-order valence-corrected chi connectivity index (χ1v) is 9.73. The van der Waals surface area contributed by atoms with E-state index in [4.69, 9.17) is 0 Å². The first-order chi connectivity index (χ1) is 11.9. The molecule has 0 spiro atoms. The Kier molecular flexibility index (Phi) is 4.63. The molecule has 0 saturated carbocycles. The molecule has 132 valence electrons. The normalized spacial score (nSPS) is 18.0. The summed E-state index contributed by atoms with van der Waals surface area (Å²) in [7, 11) is -3.41. The summed E-state index contributed by atoms with van der Waals surface area (Å²) in [5.41, 5.74) is 1.71. The minimum atomic E-state index is -3.41. The lowest BCUT2D eigenvalue weighted by molar-refractivity contribution is 0.500. The Bertz CT molecular complexity index is 919. The minimum Gasteiger partial charge on any atom is -0.370 e. The van der Waals surface area contributed by atoms with Gasteiger partial charge in [-0.05, 0) is 25.0 Å². The predicted octanol–water partition coefficient (Wildman–Crippen LogP) is 2.18. The number of rotatable bonds is 4. The maximum atomic E-state index is 13.9. The Morgan fingerprint density at radius 2 is 2.28 bits per heavy atom. The van der Waals surface area contributed by atoms with E-state index < -0.39 is 15.8 Å². The Balaban J connectivity index is 1.87. The van der Waals surface area contributed by atoms with E-state index in [-0.39, 0.29) is 11.5 Å². The van der Waals surface area contributed by atoms with Crippen molar-refractivity contribution in [2.24, 2.45) is 0 Å². The molecule has 1 aliphatic heterocycles. The quantitative estimate of drug-likeness (QED) is 0.867. The lowest BCUT2D eigenvalue weighted by Gasteiger charge is -2.34. The second-order valence-electron chi connectivity index (χ2n) is 6.10. The molecular weight excluding hydrogens is 345 g/mol. The molecule has 1 aromatic carbocycles. The van der Waals surface area contributed by atoms with Gasteiger partial charge in [0.25, 0.3) is 0 Å². The topological polar surface area (TPSA) is 102 Å². The van der Waals surface area contributed by atoms with Crippen LogP contribution in [0.1, 0.15) is 30.0 Å². The molecule has 1 fully saturated rings. The van der Waals surface area contributed by atoms with Crippen LogP contribution in [-0.2, 0) is 10.0 Å². The molecule has 3 rings (SSSR count). The summed E-state index contributed by atoms with van der Waals surface area (Å²) in [6.45, 7) is 1.25. The van der Waals surface area contributed by atoms with E-state index in [1.165, 1.54) is 12.3 Å². The van der Waals surface area contributed by atoms with Crippen molar-refractivity contribution in [3.63, 3.8) is 0 Å². The van der Waals surface area contributed by atoms with Crippen molar-refractivity contribution in [2.45, 2.75) is 18.8 Å². The molecule has 0 amide bonds. The summed E-state index contributed by atoms with van der Waals surface area (Å²) in [6, 6.07) is 6.51. The highest BCUT2D eigenvalue weighted by molar-refractivity contribution is 7.92. The molecule has 2 N–H and O–H groups in total. The predicted molar refractivity (Wildman–Crippen MR) is 92.4 cm³/mol. The SMILES string of the molecule is CS(=O)(=O)Nc1cn[nH]c1C1CCCN(c2cccc(F)c2C#N)C1. The zero-order valence-electron chi connectivity index (χ0n) is 13.7. The molecule has 1 aliphatic rings. The number of H-pyrrole nitrogens is 1. The molecule has 7 nitrogen and oxygen atoms in total. The highest BCUT2D eigenvalue weighted by Crippen LogP contribution is 2.34. The van der Waals surface area contributed by atoms with E-state index in [0.717, 1.165) is 19.1 Å². The molecule has 1 unspecified atom stereocenters. The molecule has 25 heavy (non-hydrogen) atoms. The Morgan fingerprint density at radius 1 is 1.48 bits per heavy atom. The molecule has 0 aliphatic carbocycles. The van der Waals surface area contributed by atoms with Crippen LogP contribution >= 0.6 is 0 Å². The van der Waals surface area contributed by atoms with E-state index in [2.05, 4.69) is 14.9 Å². The number of benzene rings is 1. The van der Waals surface area contributed by atoms with E-state index in [0.29, 0.717) is 30.2 Å². The molecular formula is C16H18FN5O2S. The van der Waals surface area contributed by atoms with Gasteiger partial charge in [-0.3, -0.25) is 9.82 Å². The van der Waals surface area contributed by atoms with Gasteiger partial charge in [-0.25, -0.2) is 12.8 Å². The van der Waals surface area contributed by atoms with Gasteiger partial charge >= 0.3 is 0 Å². The summed E-state index contributed by atoms with van der Waals surface area (Å²) < 4.78 is 39.3. The molecule has 2 heterocycles. The molecule has 1 saturated heterocycles.